The molecule has 0 spiro atoms. The van der Waals surface area contributed by atoms with E-state index in [9.17, 15) is 8.78 Å². The third kappa shape index (κ3) is 2.97. The first-order valence-corrected chi connectivity index (χ1v) is 9.48. The molecule has 0 bridgehead atoms. The summed E-state index contributed by atoms with van der Waals surface area (Å²) in [6.07, 6.45) is 1.88. The van der Waals surface area contributed by atoms with Crippen molar-refractivity contribution in [3.63, 3.8) is 0 Å². The zero-order chi connectivity index (χ0) is 17.6. The van der Waals surface area contributed by atoms with Gasteiger partial charge in [-0.15, -0.1) is 0 Å². The lowest BCUT2D eigenvalue weighted by molar-refractivity contribution is 0.0841. The van der Waals surface area contributed by atoms with E-state index in [4.69, 9.17) is 4.74 Å². The number of nitrogens with zero attached hydrogens (tertiary/aromatic N) is 1. The maximum absolute atomic E-state index is 13.8. The minimum absolute atomic E-state index is 0.214. The second-order valence-electron chi connectivity index (χ2n) is 6.52. The van der Waals surface area contributed by atoms with Gasteiger partial charge in [-0.2, -0.15) is 0 Å². The Balaban J connectivity index is 2.01. The molecule has 4 rings (SSSR count). The van der Waals surface area contributed by atoms with Crippen LogP contribution in [0, 0.1) is 22.1 Å². The molecule has 3 aromatic rings. The van der Waals surface area contributed by atoms with Crippen molar-refractivity contribution in [1.82, 2.24) is 4.57 Å². The molecule has 0 aliphatic carbocycles. The number of fused-ring (bicyclic) bond motifs is 1. The summed E-state index contributed by atoms with van der Waals surface area (Å²) < 4.78 is 36.4. The molecule has 2 nitrogen and oxygen atoms in total. The summed E-state index contributed by atoms with van der Waals surface area (Å²) in [6, 6.07) is 10.0. The third-order valence-corrected chi connectivity index (χ3v) is 6.04. The highest BCUT2D eigenvalue weighted by Gasteiger charge is 2.26. The molecule has 1 aromatic heterocycles. The van der Waals surface area contributed by atoms with Crippen molar-refractivity contribution in [3.8, 4) is 5.69 Å². The van der Waals surface area contributed by atoms with Gasteiger partial charge in [0.25, 0.3) is 0 Å². The highest BCUT2D eigenvalue weighted by molar-refractivity contribution is 14.1. The summed E-state index contributed by atoms with van der Waals surface area (Å²) in [4.78, 5) is 0. The van der Waals surface area contributed by atoms with E-state index in [1.54, 1.807) is 19.1 Å². The molecule has 2 heterocycles. The van der Waals surface area contributed by atoms with Crippen molar-refractivity contribution in [3.05, 3.63) is 62.9 Å². The number of aryl methyl sites for hydroxylation is 1. The van der Waals surface area contributed by atoms with Gasteiger partial charge < -0.3 is 9.30 Å². The Morgan fingerprint density at radius 1 is 1.08 bits per heavy atom. The fourth-order valence-electron chi connectivity index (χ4n) is 3.62. The molecule has 1 fully saturated rings. The van der Waals surface area contributed by atoms with Gasteiger partial charge in [0.15, 0.2) is 0 Å². The molecule has 1 saturated heterocycles. The molecule has 5 heteroatoms. The Morgan fingerprint density at radius 3 is 2.56 bits per heavy atom. The van der Waals surface area contributed by atoms with Crippen LogP contribution in [0.5, 0.6) is 0 Å². The van der Waals surface area contributed by atoms with Gasteiger partial charge in [-0.05, 0) is 84.3 Å². The molecule has 1 aliphatic heterocycles. The van der Waals surface area contributed by atoms with Gasteiger partial charge in [0.2, 0.25) is 0 Å². The molecule has 25 heavy (non-hydrogen) atoms. The van der Waals surface area contributed by atoms with Crippen molar-refractivity contribution < 1.29 is 13.5 Å². The maximum Gasteiger partial charge on any atom is 0.126 e. The molecule has 0 N–H and O–H groups in total. The topological polar surface area (TPSA) is 14.2 Å². The van der Waals surface area contributed by atoms with E-state index in [-0.39, 0.29) is 11.6 Å². The third-order valence-electron chi connectivity index (χ3n) is 4.91. The van der Waals surface area contributed by atoms with Crippen LogP contribution in [0.15, 0.2) is 36.4 Å². The van der Waals surface area contributed by atoms with E-state index in [1.807, 2.05) is 12.1 Å². The van der Waals surface area contributed by atoms with Crippen LogP contribution in [0.1, 0.15) is 30.0 Å². The first-order valence-electron chi connectivity index (χ1n) is 8.40. The Hall–Kier alpha value is -1.47. The average Bonchev–Trinajstić information content (AvgIpc) is 2.90. The molecule has 130 valence electrons. The number of hydrogen-bond acceptors (Lipinski definition) is 1. The number of benzene rings is 2. The fourth-order valence-corrected chi connectivity index (χ4v) is 4.74. The predicted molar refractivity (Wildman–Crippen MR) is 103 cm³/mol. The highest BCUT2D eigenvalue weighted by Crippen LogP contribution is 2.39. The van der Waals surface area contributed by atoms with Gasteiger partial charge in [-0.1, -0.05) is 0 Å². The largest absolute Gasteiger partial charge is 0.381 e. The van der Waals surface area contributed by atoms with Gasteiger partial charge in [-0.3, -0.25) is 0 Å². The first kappa shape index (κ1) is 17.0. The lowest BCUT2D eigenvalue weighted by Gasteiger charge is -2.25. The van der Waals surface area contributed by atoms with E-state index in [1.165, 1.54) is 17.8 Å². The molecule has 0 atom stereocenters. The van der Waals surface area contributed by atoms with Crippen molar-refractivity contribution in [2.24, 2.45) is 0 Å². The minimum Gasteiger partial charge on any atom is -0.381 e. The summed E-state index contributed by atoms with van der Waals surface area (Å²) in [5, 5.41) is 0.907. The van der Waals surface area contributed by atoms with Crippen LogP contribution in [0.3, 0.4) is 0 Å². The maximum atomic E-state index is 13.8. The van der Waals surface area contributed by atoms with Crippen molar-refractivity contribution in [1.29, 1.82) is 0 Å². The van der Waals surface area contributed by atoms with Crippen molar-refractivity contribution in [2.45, 2.75) is 25.7 Å². The Labute approximate surface area is 158 Å². The van der Waals surface area contributed by atoms with E-state index in [2.05, 4.69) is 27.2 Å². The summed E-state index contributed by atoms with van der Waals surface area (Å²) in [6.45, 7) is 3.24. The van der Waals surface area contributed by atoms with Gasteiger partial charge in [-0.25, -0.2) is 8.78 Å². The molecule has 0 amide bonds. The van der Waals surface area contributed by atoms with Crippen LogP contribution < -0.4 is 0 Å². The molecular weight excluding hydrogens is 435 g/mol. The van der Waals surface area contributed by atoms with E-state index < -0.39 is 0 Å². The molecule has 1 aliphatic rings. The number of halogens is 3. The SMILES string of the molecule is Cc1cc(-n2c(C3CCOCC3)c(I)c3cc(F)ccc32)ccc1F. The Bertz CT molecular complexity index is 945. The number of hydrogen-bond donors (Lipinski definition) is 0. The standard InChI is InChI=1S/C20H18F2INO/c1-12-10-15(3-4-17(12)22)24-18-5-2-14(21)11-16(18)19(23)20(24)13-6-8-25-9-7-13/h2-5,10-11,13H,6-9H2,1H3. The smallest absolute Gasteiger partial charge is 0.126 e. The second-order valence-corrected chi connectivity index (χ2v) is 7.59. The van der Waals surface area contributed by atoms with Crippen LogP contribution in [-0.4, -0.2) is 17.8 Å². The molecular formula is C20H18F2INO. The summed E-state index contributed by atoms with van der Waals surface area (Å²) in [5.41, 5.74) is 3.66. The zero-order valence-electron chi connectivity index (χ0n) is 13.9. The quantitative estimate of drug-likeness (QED) is 0.453. The average molecular weight is 453 g/mol. The number of rotatable bonds is 2. The number of ether oxygens (including phenoxy) is 1. The fraction of sp³-hybridized carbons (Fsp3) is 0.300. The van der Waals surface area contributed by atoms with Gasteiger partial charge in [0.1, 0.15) is 11.6 Å². The molecule has 0 unspecified atom stereocenters. The monoisotopic (exact) mass is 453 g/mol. The summed E-state index contributed by atoms with van der Waals surface area (Å²) in [7, 11) is 0. The normalized spacial score (nSPS) is 15.8. The highest BCUT2D eigenvalue weighted by atomic mass is 127. The first-order chi connectivity index (χ1) is 12.1. The van der Waals surface area contributed by atoms with Crippen LogP contribution in [0.4, 0.5) is 8.78 Å². The Morgan fingerprint density at radius 2 is 1.84 bits per heavy atom. The van der Waals surface area contributed by atoms with Crippen molar-refractivity contribution >= 4 is 33.5 Å². The van der Waals surface area contributed by atoms with Crippen LogP contribution >= 0.6 is 22.6 Å². The molecule has 0 saturated carbocycles. The lowest BCUT2D eigenvalue weighted by atomic mass is 9.96. The number of aromatic nitrogens is 1. The molecule has 2 aromatic carbocycles. The second kappa shape index (κ2) is 6.68. The van der Waals surface area contributed by atoms with E-state index in [0.717, 1.165) is 46.2 Å². The van der Waals surface area contributed by atoms with Crippen LogP contribution in [0.2, 0.25) is 0 Å². The van der Waals surface area contributed by atoms with Crippen LogP contribution in [0.25, 0.3) is 16.6 Å². The van der Waals surface area contributed by atoms with Gasteiger partial charge in [0, 0.05) is 39.5 Å². The molecule has 0 radical (unpaired) electrons. The van der Waals surface area contributed by atoms with Crippen LogP contribution in [-0.2, 0) is 4.74 Å². The lowest BCUT2D eigenvalue weighted by Crippen LogP contribution is -2.17. The minimum atomic E-state index is -0.239. The Kier molecular flexibility index (Phi) is 4.54. The van der Waals surface area contributed by atoms with E-state index in [0.29, 0.717) is 11.5 Å². The summed E-state index contributed by atoms with van der Waals surface area (Å²) >= 11 is 2.32. The predicted octanol–water partition coefficient (Wildman–Crippen LogP) is 5.72. The van der Waals surface area contributed by atoms with Gasteiger partial charge >= 0.3 is 0 Å². The van der Waals surface area contributed by atoms with Gasteiger partial charge in [0.05, 0.1) is 5.52 Å². The van der Waals surface area contributed by atoms with Crippen molar-refractivity contribution in [2.75, 3.05) is 13.2 Å². The summed E-state index contributed by atoms with van der Waals surface area (Å²) in [5.74, 6) is -0.105. The van der Waals surface area contributed by atoms with E-state index >= 15 is 0 Å². The zero-order valence-corrected chi connectivity index (χ0v) is 16.0.